The highest BCUT2D eigenvalue weighted by Crippen LogP contribution is 2.22. The molecule has 2 N–H and O–H groups in total. The van der Waals surface area contributed by atoms with Gasteiger partial charge in [0.1, 0.15) is 17.4 Å². The van der Waals surface area contributed by atoms with E-state index in [0.717, 1.165) is 17.1 Å². The molecule has 1 aromatic heterocycles. The third-order valence-corrected chi connectivity index (χ3v) is 2.37. The lowest BCUT2D eigenvalue weighted by Gasteiger charge is -2.04. The van der Waals surface area contributed by atoms with Crippen LogP contribution in [-0.4, -0.2) is 16.7 Å². The van der Waals surface area contributed by atoms with Crippen molar-refractivity contribution >= 4 is 5.82 Å². The lowest BCUT2D eigenvalue weighted by Crippen LogP contribution is -1.97. The summed E-state index contributed by atoms with van der Waals surface area (Å²) < 4.78 is 6.94. The van der Waals surface area contributed by atoms with Crippen LogP contribution < -0.4 is 10.5 Å². The van der Waals surface area contributed by atoms with Crippen molar-refractivity contribution in [2.75, 3.05) is 12.8 Å². The number of aromatic nitrogens is 2. The van der Waals surface area contributed by atoms with E-state index in [0.29, 0.717) is 5.82 Å². The van der Waals surface area contributed by atoms with Gasteiger partial charge in [0.2, 0.25) is 0 Å². The molecule has 0 aliphatic carbocycles. The van der Waals surface area contributed by atoms with Gasteiger partial charge in [0, 0.05) is 12.6 Å². The summed E-state index contributed by atoms with van der Waals surface area (Å²) in [5.74, 6) is 2.34. The van der Waals surface area contributed by atoms with Crippen molar-refractivity contribution in [2.24, 2.45) is 7.05 Å². The quantitative estimate of drug-likeness (QED) is 0.807. The number of hydrogen-bond acceptors (Lipinski definition) is 3. The van der Waals surface area contributed by atoms with Gasteiger partial charge in [-0.3, -0.25) is 0 Å². The molecule has 2 rings (SSSR count). The van der Waals surface area contributed by atoms with Gasteiger partial charge in [0.05, 0.1) is 13.3 Å². The van der Waals surface area contributed by atoms with Gasteiger partial charge in [-0.05, 0) is 24.3 Å². The Morgan fingerprint density at radius 1 is 1.27 bits per heavy atom. The van der Waals surface area contributed by atoms with Crippen molar-refractivity contribution in [3.63, 3.8) is 0 Å². The summed E-state index contributed by atoms with van der Waals surface area (Å²) in [7, 11) is 3.54. The van der Waals surface area contributed by atoms with E-state index in [4.69, 9.17) is 10.5 Å². The Bertz CT molecular complexity index is 459. The Labute approximate surface area is 88.3 Å². The monoisotopic (exact) mass is 203 g/mol. The Hall–Kier alpha value is -1.97. The summed E-state index contributed by atoms with van der Waals surface area (Å²) in [6.07, 6.45) is 1.65. The fourth-order valence-corrected chi connectivity index (χ4v) is 1.43. The van der Waals surface area contributed by atoms with Gasteiger partial charge in [-0.25, -0.2) is 4.98 Å². The molecule has 0 fully saturated rings. The zero-order valence-electron chi connectivity index (χ0n) is 8.77. The molecule has 0 saturated heterocycles. The van der Waals surface area contributed by atoms with Gasteiger partial charge in [-0.1, -0.05) is 0 Å². The van der Waals surface area contributed by atoms with E-state index in [9.17, 15) is 0 Å². The van der Waals surface area contributed by atoms with E-state index in [1.807, 2.05) is 35.9 Å². The average Bonchev–Trinajstić information content (AvgIpc) is 2.60. The summed E-state index contributed by atoms with van der Waals surface area (Å²) >= 11 is 0. The van der Waals surface area contributed by atoms with Gasteiger partial charge in [-0.2, -0.15) is 0 Å². The molecule has 0 unspecified atom stereocenters. The lowest BCUT2D eigenvalue weighted by atomic mass is 10.2. The van der Waals surface area contributed by atoms with Crippen LogP contribution in [0.2, 0.25) is 0 Å². The molecule has 1 aromatic carbocycles. The van der Waals surface area contributed by atoms with Crippen LogP contribution >= 0.6 is 0 Å². The Morgan fingerprint density at radius 3 is 2.40 bits per heavy atom. The molecule has 2 aromatic rings. The maximum absolute atomic E-state index is 5.71. The normalized spacial score (nSPS) is 10.3. The standard InChI is InChI=1S/C11H13N3O/c1-14-10(12)7-13-11(14)8-3-5-9(15-2)6-4-8/h3-7H,12H2,1-2H3. The van der Waals surface area contributed by atoms with Gasteiger partial charge in [-0.15, -0.1) is 0 Å². The molecule has 0 aliphatic heterocycles. The fourth-order valence-electron chi connectivity index (χ4n) is 1.43. The van der Waals surface area contributed by atoms with Crippen molar-refractivity contribution in [2.45, 2.75) is 0 Å². The zero-order chi connectivity index (χ0) is 10.8. The summed E-state index contributed by atoms with van der Waals surface area (Å²) in [4.78, 5) is 4.24. The Balaban J connectivity index is 2.41. The number of rotatable bonds is 2. The first-order valence-corrected chi connectivity index (χ1v) is 4.64. The van der Waals surface area contributed by atoms with E-state index in [-0.39, 0.29) is 0 Å². The first kappa shape index (κ1) is 9.58. The van der Waals surface area contributed by atoms with Crippen LogP contribution in [0.25, 0.3) is 11.4 Å². The van der Waals surface area contributed by atoms with Crippen LogP contribution in [0.15, 0.2) is 30.5 Å². The second-order valence-electron chi connectivity index (χ2n) is 3.29. The molecule has 0 atom stereocenters. The number of ether oxygens (including phenoxy) is 1. The molecule has 0 spiro atoms. The van der Waals surface area contributed by atoms with E-state index in [1.54, 1.807) is 13.3 Å². The number of anilines is 1. The van der Waals surface area contributed by atoms with Gasteiger partial charge >= 0.3 is 0 Å². The predicted molar refractivity (Wildman–Crippen MR) is 59.6 cm³/mol. The van der Waals surface area contributed by atoms with Crippen LogP contribution in [-0.2, 0) is 7.05 Å². The van der Waals surface area contributed by atoms with E-state index in [2.05, 4.69) is 4.98 Å². The van der Waals surface area contributed by atoms with Crippen LogP contribution in [0.4, 0.5) is 5.82 Å². The number of methoxy groups -OCH3 is 1. The number of imidazole rings is 1. The second-order valence-corrected chi connectivity index (χ2v) is 3.29. The van der Waals surface area contributed by atoms with Crippen molar-refractivity contribution in [1.82, 2.24) is 9.55 Å². The topological polar surface area (TPSA) is 53.1 Å². The molecule has 4 nitrogen and oxygen atoms in total. The Morgan fingerprint density at radius 2 is 1.93 bits per heavy atom. The molecule has 0 bridgehead atoms. The van der Waals surface area contributed by atoms with Gasteiger partial charge in [0.15, 0.2) is 0 Å². The minimum atomic E-state index is 0.654. The number of hydrogen-bond donors (Lipinski definition) is 1. The number of benzene rings is 1. The van der Waals surface area contributed by atoms with Crippen molar-refractivity contribution in [3.8, 4) is 17.1 Å². The van der Waals surface area contributed by atoms with Crippen molar-refractivity contribution in [1.29, 1.82) is 0 Å². The third-order valence-electron chi connectivity index (χ3n) is 2.37. The average molecular weight is 203 g/mol. The maximum Gasteiger partial charge on any atom is 0.141 e. The highest BCUT2D eigenvalue weighted by atomic mass is 16.5. The smallest absolute Gasteiger partial charge is 0.141 e. The molecule has 0 saturated carbocycles. The minimum Gasteiger partial charge on any atom is -0.497 e. The molecular weight excluding hydrogens is 190 g/mol. The summed E-state index contributed by atoms with van der Waals surface area (Å²) in [5.41, 5.74) is 6.73. The predicted octanol–water partition coefficient (Wildman–Crippen LogP) is 1.68. The van der Waals surface area contributed by atoms with E-state index < -0.39 is 0 Å². The van der Waals surface area contributed by atoms with Crippen LogP contribution in [0.5, 0.6) is 5.75 Å². The third kappa shape index (κ3) is 1.66. The fraction of sp³-hybridized carbons (Fsp3) is 0.182. The van der Waals surface area contributed by atoms with E-state index in [1.165, 1.54) is 0 Å². The molecule has 0 amide bonds. The number of nitrogens with two attached hydrogens (primary N) is 1. The largest absolute Gasteiger partial charge is 0.497 e. The summed E-state index contributed by atoms with van der Waals surface area (Å²) in [6, 6.07) is 7.72. The molecule has 0 aliphatic rings. The molecule has 0 radical (unpaired) electrons. The van der Waals surface area contributed by atoms with Crippen molar-refractivity contribution < 1.29 is 4.74 Å². The molecular formula is C11H13N3O. The first-order valence-electron chi connectivity index (χ1n) is 4.64. The maximum atomic E-state index is 5.71. The van der Waals surface area contributed by atoms with Crippen molar-refractivity contribution in [3.05, 3.63) is 30.5 Å². The molecule has 1 heterocycles. The molecule has 4 heteroatoms. The molecule has 78 valence electrons. The van der Waals surface area contributed by atoms with Gasteiger partial charge < -0.3 is 15.0 Å². The zero-order valence-corrected chi connectivity index (χ0v) is 8.77. The number of nitrogen functional groups attached to an aromatic ring is 1. The van der Waals surface area contributed by atoms with Gasteiger partial charge in [0.25, 0.3) is 0 Å². The summed E-state index contributed by atoms with van der Waals surface area (Å²) in [6.45, 7) is 0. The van der Waals surface area contributed by atoms with Crippen LogP contribution in [0.3, 0.4) is 0 Å². The lowest BCUT2D eigenvalue weighted by molar-refractivity contribution is 0.415. The SMILES string of the molecule is COc1ccc(-c2ncc(N)n2C)cc1. The highest BCUT2D eigenvalue weighted by Gasteiger charge is 2.05. The first-order chi connectivity index (χ1) is 7.22. The summed E-state index contributed by atoms with van der Waals surface area (Å²) in [5, 5.41) is 0. The van der Waals surface area contributed by atoms with E-state index >= 15 is 0 Å². The highest BCUT2D eigenvalue weighted by molar-refractivity contribution is 5.59. The molecule has 15 heavy (non-hydrogen) atoms. The Kier molecular flexibility index (Phi) is 2.33. The second kappa shape index (κ2) is 3.65. The minimum absolute atomic E-state index is 0.654. The number of nitrogens with zero attached hydrogens (tertiary/aromatic N) is 2. The van der Waals surface area contributed by atoms with Crippen LogP contribution in [0.1, 0.15) is 0 Å². The van der Waals surface area contributed by atoms with Crippen LogP contribution in [0, 0.1) is 0 Å².